The summed E-state index contributed by atoms with van der Waals surface area (Å²) in [6.07, 6.45) is 0. The standard InChI is InChI=1S/C9H13N3O3S/c1-4(2)6(9(14)15)10-8(13)7-5(3)11-12-16-7/h4,6H,1-3H3,(H,10,13)(H,14,15)/t6-/m0/s1. The fraction of sp³-hybridized carbons (Fsp3) is 0.556. The summed E-state index contributed by atoms with van der Waals surface area (Å²) < 4.78 is 3.62. The molecule has 1 atom stereocenters. The fourth-order valence-electron chi connectivity index (χ4n) is 1.16. The van der Waals surface area contributed by atoms with Crippen molar-refractivity contribution < 1.29 is 14.7 Å². The van der Waals surface area contributed by atoms with Crippen LogP contribution in [0.5, 0.6) is 0 Å². The molecule has 1 heterocycles. The van der Waals surface area contributed by atoms with E-state index >= 15 is 0 Å². The number of nitrogens with one attached hydrogen (secondary N) is 1. The van der Waals surface area contributed by atoms with Gasteiger partial charge >= 0.3 is 5.97 Å². The van der Waals surface area contributed by atoms with E-state index in [1.165, 1.54) is 0 Å². The smallest absolute Gasteiger partial charge is 0.326 e. The molecule has 0 aliphatic heterocycles. The van der Waals surface area contributed by atoms with Crippen LogP contribution in [-0.4, -0.2) is 32.6 Å². The molecule has 0 aromatic carbocycles. The predicted octanol–water partition coefficient (Wildman–Crippen LogP) is 0.686. The van der Waals surface area contributed by atoms with Gasteiger partial charge in [-0.3, -0.25) is 4.79 Å². The number of rotatable bonds is 4. The molecule has 1 aromatic heterocycles. The Morgan fingerprint density at radius 3 is 2.44 bits per heavy atom. The van der Waals surface area contributed by atoms with Crippen molar-refractivity contribution in [3.8, 4) is 0 Å². The highest BCUT2D eigenvalue weighted by Gasteiger charge is 2.25. The molecule has 0 bridgehead atoms. The van der Waals surface area contributed by atoms with Gasteiger partial charge in [-0.2, -0.15) is 0 Å². The van der Waals surface area contributed by atoms with E-state index in [-0.39, 0.29) is 5.92 Å². The number of nitrogens with zero attached hydrogens (tertiary/aromatic N) is 2. The van der Waals surface area contributed by atoms with Crippen LogP contribution in [-0.2, 0) is 4.79 Å². The number of aromatic nitrogens is 2. The van der Waals surface area contributed by atoms with Crippen molar-refractivity contribution in [2.75, 3.05) is 0 Å². The Morgan fingerprint density at radius 1 is 1.44 bits per heavy atom. The molecule has 1 aromatic rings. The first kappa shape index (κ1) is 12.6. The summed E-state index contributed by atoms with van der Waals surface area (Å²) in [6.45, 7) is 5.12. The number of aliphatic carboxylic acids is 1. The summed E-state index contributed by atoms with van der Waals surface area (Å²) in [5.41, 5.74) is 0.510. The number of amides is 1. The second kappa shape index (κ2) is 5.02. The highest BCUT2D eigenvalue weighted by molar-refractivity contribution is 7.08. The third-order valence-electron chi connectivity index (χ3n) is 2.08. The van der Waals surface area contributed by atoms with E-state index in [1.807, 2.05) is 0 Å². The van der Waals surface area contributed by atoms with Gasteiger partial charge in [0.1, 0.15) is 10.9 Å². The lowest BCUT2D eigenvalue weighted by molar-refractivity contribution is -0.140. The quantitative estimate of drug-likeness (QED) is 0.811. The second-order valence-electron chi connectivity index (χ2n) is 3.72. The lowest BCUT2D eigenvalue weighted by Gasteiger charge is -2.17. The number of carbonyl (C=O) groups is 2. The number of hydrogen-bond acceptors (Lipinski definition) is 5. The normalized spacial score (nSPS) is 12.5. The van der Waals surface area contributed by atoms with E-state index in [0.717, 1.165) is 11.5 Å². The molecular weight excluding hydrogens is 230 g/mol. The van der Waals surface area contributed by atoms with Gasteiger partial charge in [0.15, 0.2) is 0 Å². The molecule has 1 rings (SSSR count). The maximum atomic E-state index is 11.7. The van der Waals surface area contributed by atoms with Crippen LogP contribution in [0.15, 0.2) is 0 Å². The van der Waals surface area contributed by atoms with E-state index in [4.69, 9.17) is 5.11 Å². The van der Waals surface area contributed by atoms with Gasteiger partial charge in [-0.25, -0.2) is 4.79 Å². The zero-order valence-electron chi connectivity index (χ0n) is 9.22. The van der Waals surface area contributed by atoms with Gasteiger partial charge in [-0.1, -0.05) is 18.3 Å². The SMILES string of the molecule is Cc1nnsc1C(=O)N[C@H](C(=O)O)C(C)C. The summed E-state index contributed by atoms with van der Waals surface area (Å²) in [6, 6.07) is -0.894. The Kier molecular flexibility index (Phi) is 3.94. The highest BCUT2D eigenvalue weighted by atomic mass is 32.1. The zero-order chi connectivity index (χ0) is 12.3. The van der Waals surface area contributed by atoms with E-state index in [1.54, 1.807) is 20.8 Å². The molecule has 0 radical (unpaired) electrons. The molecular formula is C9H13N3O3S. The number of carboxylic acid groups (broad SMARTS) is 1. The first-order chi connectivity index (χ1) is 7.43. The van der Waals surface area contributed by atoms with Crippen LogP contribution in [0, 0.1) is 12.8 Å². The average Bonchev–Trinajstić information content (AvgIpc) is 2.59. The third-order valence-corrected chi connectivity index (χ3v) is 2.90. The van der Waals surface area contributed by atoms with E-state index in [0.29, 0.717) is 10.6 Å². The van der Waals surface area contributed by atoms with Crippen molar-refractivity contribution >= 4 is 23.4 Å². The zero-order valence-corrected chi connectivity index (χ0v) is 10.0. The number of carboxylic acids is 1. The molecule has 0 unspecified atom stereocenters. The highest BCUT2D eigenvalue weighted by Crippen LogP contribution is 2.10. The van der Waals surface area contributed by atoms with Gasteiger partial charge in [0.05, 0.1) is 5.69 Å². The average molecular weight is 243 g/mol. The summed E-state index contributed by atoms with van der Waals surface area (Å²) in [4.78, 5) is 22.9. The van der Waals surface area contributed by atoms with Gasteiger partial charge in [0.2, 0.25) is 0 Å². The minimum absolute atomic E-state index is 0.178. The van der Waals surface area contributed by atoms with E-state index < -0.39 is 17.9 Å². The van der Waals surface area contributed by atoms with Crippen molar-refractivity contribution in [3.05, 3.63) is 10.6 Å². The number of aryl methyl sites for hydroxylation is 1. The minimum atomic E-state index is -1.04. The number of hydrogen-bond donors (Lipinski definition) is 2. The molecule has 0 spiro atoms. The third kappa shape index (κ3) is 2.75. The Morgan fingerprint density at radius 2 is 2.06 bits per heavy atom. The summed E-state index contributed by atoms with van der Waals surface area (Å²) in [5.74, 6) is -1.66. The Bertz CT molecular complexity index is 402. The van der Waals surface area contributed by atoms with Crippen LogP contribution in [0.2, 0.25) is 0 Å². The molecule has 1 amide bonds. The molecule has 0 aliphatic carbocycles. The van der Waals surface area contributed by atoms with Crippen LogP contribution in [0.3, 0.4) is 0 Å². The van der Waals surface area contributed by atoms with Crippen LogP contribution >= 0.6 is 11.5 Å². The van der Waals surface area contributed by atoms with Gasteiger partial charge in [-0.05, 0) is 24.4 Å². The van der Waals surface area contributed by atoms with Crippen molar-refractivity contribution in [3.63, 3.8) is 0 Å². The molecule has 0 saturated heterocycles. The molecule has 88 valence electrons. The monoisotopic (exact) mass is 243 g/mol. The number of carbonyl (C=O) groups excluding carboxylic acids is 1. The maximum absolute atomic E-state index is 11.7. The lowest BCUT2D eigenvalue weighted by atomic mass is 10.0. The fourth-order valence-corrected chi connectivity index (χ4v) is 1.72. The summed E-state index contributed by atoms with van der Waals surface area (Å²) >= 11 is 0.957. The predicted molar refractivity (Wildman–Crippen MR) is 58.4 cm³/mol. The van der Waals surface area contributed by atoms with Crippen molar-refractivity contribution in [2.45, 2.75) is 26.8 Å². The Labute approximate surface area is 96.8 Å². The van der Waals surface area contributed by atoms with Gasteiger partial charge in [0.25, 0.3) is 5.91 Å². The van der Waals surface area contributed by atoms with Gasteiger partial charge in [0, 0.05) is 0 Å². The first-order valence-electron chi connectivity index (χ1n) is 4.76. The molecule has 2 N–H and O–H groups in total. The lowest BCUT2D eigenvalue weighted by Crippen LogP contribution is -2.44. The van der Waals surface area contributed by atoms with Gasteiger partial charge < -0.3 is 10.4 Å². The summed E-state index contributed by atoms with van der Waals surface area (Å²) in [7, 11) is 0. The molecule has 0 saturated carbocycles. The minimum Gasteiger partial charge on any atom is -0.480 e. The van der Waals surface area contributed by atoms with Crippen LogP contribution in [0.4, 0.5) is 0 Å². The summed E-state index contributed by atoms with van der Waals surface area (Å²) in [5, 5.41) is 15.1. The van der Waals surface area contributed by atoms with Crippen LogP contribution in [0.1, 0.15) is 29.2 Å². The molecule has 6 nitrogen and oxygen atoms in total. The Balaban J connectivity index is 2.77. The van der Waals surface area contributed by atoms with Crippen LogP contribution < -0.4 is 5.32 Å². The van der Waals surface area contributed by atoms with Crippen molar-refractivity contribution in [2.24, 2.45) is 5.92 Å². The van der Waals surface area contributed by atoms with E-state index in [2.05, 4.69) is 14.9 Å². The molecule has 0 aliphatic rings. The molecule has 7 heteroatoms. The van der Waals surface area contributed by atoms with Crippen LogP contribution in [0.25, 0.3) is 0 Å². The second-order valence-corrected chi connectivity index (χ2v) is 4.47. The molecule has 16 heavy (non-hydrogen) atoms. The van der Waals surface area contributed by atoms with Gasteiger partial charge in [-0.15, -0.1) is 5.10 Å². The van der Waals surface area contributed by atoms with Crippen molar-refractivity contribution in [1.82, 2.24) is 14.9 Å². The Hall–Kier alpha value is -1.50. The van der Waals surface area contributed by atoms with Crippen molar-refractivity contribution in [1.29, 1.82) is 0 Å². The maximum Gasteiger partial charge on any atom is 0.326 e. The molecule has 0 fully saturated rings. The van der Waals surface area contributed by atoms with E-state index in [9.17, 15) is 9.59 Å². The topological polar surface area (TPSA) is 92.2 Å². The largest absolute Gasteiger partial charge is 0.480 e. The first-order valence-corrected chi connectivity index (χ1v) is 5.53.